The van der Waals surface area contributed by atoms with Crippen molar-refractivity contribution in [2.75, 3.05) is 13.2 Å². The number of aryl methyl sites for hydroxylation is 1. The van der Waals surface area contributed by atoms with E-state index in [1.165, 1.54) is 5.56 Å². The van der Waals surface area contributed by atoms with Gasteiger partial charge in [0.05, 0.1) is 6.61 Å². The normalized spacial score (nSPS) is 12.7. The van der Waals surface area contributed by atoms with E-state index >= 15 is 0 Å². The van der Waals surface area contributed by atoms with Crippen LogP contribution in [0.3, 0.4) is 0 Å². The molecule has 0 amide bonds. The van der Waals surface area contributed by atoms with Gasteiger partial charge in [0.1, 0.15) is 0 Å². The summed E-state index contributed by atoms with van der Waals surface area (Å²) >= 11 is 0. The van der Waals surface area contributed by atoms with Crippen molar-refractivity contribution in [3.8, 4) is 0 Å². The first-order valence-corrected chi connectivity index (χ1v) is 5.20. The van der Waals surface area contributed by atoms with Crippen LogP contribution in [0.5, 0.6) is 0 Å². The topological polar surface area (TPSA) is 35.2 Å². The van der Waals surface area contributed by atoms with Crippen molar-refractivity contribution in [2.45, 2.75) is 25.8 Å². The summed E-state index contributed by atoms with van der Waals surface area (Å²) in [6.07, 6.45) is 2.03. The van der Waals surface area contributed by atoms with E-state index in [4.69, 9.17) is 10.5 Å². The van der Waals surface area contributed by atoms with Crippen LogP contribution in [0.1, 0.15) is 18.9 Å². The van der Waals surface area contributed by atoms with Crippen molar-refractivity contribution >= 4 is 0 Å². The number of hydrogen-bond donors (Lipinski definition) is 1. The molecule has 2 N–H and O–H groups in total. The molecule has 0 aliphatic rings. The molecule has 0 aromatic heterocycles. The number of hydrogen-bond acceptors (Lipinski definition) is 2. The molecule has 0 aliphatic heterocycles. The standard InChI is InChI=1S/C12H19NO/c1-2-14-10-12(13)9-8-11-6-4-3-5-7-11/h3-7,12H,2,8-10,13H2,1H3. The van der Waals surface area contributed by atoms with Crippen molar-refractivity contribution in [2.24, 2.45) is 5.73 Å². The van der Waals surface area contributed by atoms with Gasteiger partial charge in [-0.15, -0.1) is 0 Å². The minimum absolute atomic E-state index is 0.162. The fraction of sp³-hybridized carbons (Fsp3) is 0.500. The fourth-order valence-electron chi connectivity index (χ4n) is 1.35. The first-order valence-electron chi connectivity index (χ1n) is 5.20. The molecule has 78 valence electrons. The Balaban J connectivity index is 2.20. The Morgan fingerprint density at radius 2 is 2.00 bits per heavy atom. The second kappa shape index (κ2) is 6.57. The van der Waals surface area contributed by atoms with Gasteiger partial charge in [0, 0.05) is 12.6 Å². The van der Waals surface area contributed by atoms with Crippen LogP contribution in [0, 0.1) is 0 Å². The molecule has 1 rings (SSSR count). The molecule has 1 atom stereocenters. The highest BCUT2D eigenvalue weighted by Crippen LogP contribution is 2.03. The maximum absolute atomic E-state index is 5.88. The Hall–Kier alpha value is -0.860. The number of rotatable bonds is 6. The zero-order valence-electron chi connectivity index (χ0n) is 8.78. The van der Waals surface area contributed by atoms with E-state index < -0.39 is 0 Å². The van der Waals surface area contributed by atoms with Gasteiger partial charge >= 0.3 is 0 Å². The molecule has 0 bridgehead atoms. The summed E-state index contributed by atoms with van der Waals surface area (Å²) in [5.41, 5.74) is 7.23. The average molecular weight is 193 g/mol. The Morgan fingerprint density at radius 1 is 1.29 bits per heavy atom. The molecule has 1 aromatic carbocycles. The van der Waals surface area contributed by atoms with E-state index in [1.807, 2.05) is 13.0 Å². The first-order chi connectivity index (χ1) is 6.83. The van der Waals surface area contributed by atoms with Crippen LogP contribution in [0.25, 0.3) is 0 Å². The lowest BCUT2D eigenvalue weighted by Crippen LogP contribution is -2.26. The number of nitrogens with two attached hydrogens (primary N) is 1. The Labute approximate surface area is 86.1 Å². The molecule has 14 heavy (non-hydrogen) atoms. The second-order valence-electron chi connectivity index (χ2n) is 3.44. The fourth-order valence-corrected chi connectivity index (χ4v) is 1.35. The van der Waals surface area contributed by atoms with Gasteiger partial charge < -0.3 is 10.5 Å². The van der Waals surface area contributed by atoms with Crippen molar-refractivity contribution in [3.63, 3.8) is 0 Å². The SMILES string of the molecule is CCOCC(N)CCc1ccccc1. The lowest BCUT2D eigenvalue weighted by Gasteiger charge is -2.10. The van der Waals surface area contributed by atoms with Gasteiger partial charge in [-0.2, -0.15) is 0 Å². The van der Waals surface area contributed by atoms with E-state index in [1.54, 1.807) is 0 Å². The van der Waals surface area contributed by atoms with Crippen LogP contribution < -0.4 is 5.73 Å². The Morgan fingerprint density at radius 3 is 2.64 bits per heavy atom. The van der Waals surface area contributed by atoms with Crippen molar-refractivity contribution in [1.82, 2.24) is 0 Å². The highest BCUT2D eigenvalue weighted by Gasteiger charge is 2.02. The summed E-state index contributed by atoms with van der Waals surface area (Å²) < 4.78 is 5.26. The average Bonchev–Trinajstić information content (AvgIpc) is 2.25. The summed E-state index contributed by atoms with van der Waals surface area (Å²) in [5.74, 6) is 0. The number of ether oxygens (including phenoxy) is 1. The monoisotopic (exact) mass is 193 g/mol. The largest absolute Gasteiger partial charge is 0.380 e. The third-order valence-electron chi connectivity index (χ3n) is 2.18. The van der Waals surface area contributed by atoms with E-state index in [2.05, 4.69) is 24.3 Å². The van der Waals surface area contributed by atoms with E-state index in [-0.39, 0.29) is 6.04 Å². The lowest BCUT2D eigenvalue weighted by molar-refractivity contribution is 0.131. The van der Waals surface area contributed by atoms with Crippen molar-refractivity contribution < 1.29 is 4.74 Å². The lowest BCUT2D eigenvalue weighted by atomic mass is 10.1. The zero-order chi connectivity index (χ0) is 10.2. The molecular weight excluding hydrogens is 174 g/mol. The molecule has 1 aromatic rings. The van der Waals surface area contributed by atoms with Gasteiger partial charge in [-0.05, 0) is 25.3 Å². The molecule has 0 fully saturated rings. The maximum Gasteiger partial charge on any atom is 0.0617 e. The highest BCUT2D eigenvalue weighted by atomic mass is 16.5. The first kappa shape index (κ1) is 11.2. The molecule has 0 spiro atoms. The maximum atomic E-state index is 5.88. The third kappa shape index (κ3) is 4.40. The Bertz CT molecular complexity index is 235. The van der Waals surface area contributed by atoms with Crippen LogP contribution >= 0.6 is 0 Å². The molecule has 0 saturated carbocycles. The van der Waals surface area contributed by atoms with Crippen LogP contribution in [0.2, 0.25) is 0 Å². The van der Waals surface area contributed by atoms with E-state index in [0.29, 0.717) is 6.61 Å². The van der Waals surface area contributed by atoms with Crippen LogP contribution in [0.4, 0.5) is 0 Å². The minimum Gasteiger partial charge on any atom is -0.380 e. The molecule has 0 saturated heterocycles. The van der Waals surface area contributed by atoms with E-state index in [9.17, 15) is 0 Å². The zero-order valence-corrected chi connectivity index (χ0v) is 8.78. The summed E-state index contributed by atoms with van der Waals surface area (Å²) in [4.78, 5) is 0. The van der Waals surface area contributed by atoms with Gasteiger partial charge in [0.15, 0.2) is 0 Å². The third-order valence-corrected chi connectivity index (χ3v) is 2.18. The molecule has 0 aliphatic carbocycles. The van der Waals surface area contributed by atoms with Crippen LogP contribution in [-0.4, -0.2) is 19.3 Å². The van der Waals surface area contributed by atoms with Crippen LogP contribution in [0.15, 0.2) is 30.3 Å². The minimum atomic E-state index is 0.162. The second-order valence-corrected chi connectivity index (χ2v) is 3.44. The molecule has 2 nitrogen and oxygen atoms in total. The molecular formula is C12H19NO. The van der Waals surface area contributed by atoms with Crippen molar-refractivity contribution in [1.29, 1.82) is 0 Å². The molecule has 1 unspecified atom stereocenters. The van der Waals surface area contributed by atoms with E-state index in [0.717, 1.165) is 19.4 Å². The number of benzene rings is 1. The molecule has 2 heteroatoms. The van der Waals surface area contributed by atoms with Crippen LogP contribution in [-0.2, 0) is 11.2 Å². The summed E-state index contributed by atoms with van der Waals surface area (Å²) in [5, 5.41) is 0. The smallest absolute Gasteiger partial charge is 0.0617 e. The quantitative estimate of drug-likeness (QED) is 0.749. The van der Waals surface area contributed by atoms with Gasteiger partial charge in [0.25, 0.3) is 0 Å². The van der Waals surface area contributed by atoms with Gasteiger partial charge in [-0.25, -0.2) is 0 Å². The van der Waals surface area contributed by atoms with Gasteiger partial charge in [-0.1, -0.05) is 30.3 Å². The van der Waals surface area contributed by atoms with Gasteiger partial charge in [-0.3, -0.25) is 0 Å². The van der Waals surface area contributed by atoms with Gasteiger partial charge in [0.2, 0.25) is 0 Å². The predicted octanol–water partition coefficient (Wildman–Crippen LogP) is 1.98. The summed E-state index contributed by atoms with van der Waals surface area (Å²) in [6, 6.07) is 10.6. The highest BCUT2D eigenvalue weighted by molar-refractivity contribution is 5.14. The summed E-state index contributed by atoms with van der Waals surface area (Å²) in [7, 11) is 0. The molecule has 0 heterocycles. The Kier molecular flexibility index (Phi) is 5.27. The van der Waals surface area contributed by atoms with Crippen molar-refractivity contribution in [3.05, 3.63) is 35.9 Å². The summed E-state index contributed by atoms with van der Waals surface area (Å²) in [6.45, 7) is 3.41. The molecule has 0 radical (unpaired) electrons. The predicted molar refractivity (Wildman–Crippen MR) is 59.2 cm³/mol.